The minimum absolute atomic E-state index is 0.163. The summed E-state index contributed by atoms with van der Waals surface area (Å²) in [6.45, 7) is 0. The van der Waals surface area contributed by atoms with Gasteiger partial charge in [-0.25, -0.2) is 0 Å². The second-order valence-electron chi connectivity index (χ2n) is 3.90. The SMILES string of the molecule is N#CCC(=O)c1ccc(C(O)C(O)CCS)cc1. The van der Waals surface area contributed by atoms with Crippen LogP contribution < -0.4 is 0 Å². The topological polar surface area (TPSA) is 81.3 Å². The van der Waals surface area contributed by atoms with Crippen LogP contribution in [0, 0.1) is 11.3 Å². The third-order valence-electron chi connectivity index (χ3n) is 2.60. The highest BCUT2D eigenvalue weighted by molar-refractivity contribution is 7.80. The molecule has 0 radical (unpaired) electrons. The molecule has 5 heteroatoms. The standard InChI is InChI=1S/C13H15NO3S/c14-7-5-11(15)9-1-3-10(4-2-9)13(17)12(16)6-8-18/h1-4,12-13,16-18H,5-6,8H2. The first-order chi connectivity index (χ1) is 8.60. The van der Waals surface area contributed by atoms with E-state index in [0.29, 0.717) is 23.3 Å². The lowest BCUT2D eigenvalue weighted by atomic mass is 10.00. The van der Waals surface area contributed by atoms with Crippen molar-refractivity contribution in [3.05, 3.63) is 35.4 Å². The van der Waals surface area contributed by atoms with E-state index in [2.05, 4.69) is 12.6 Å². The van der Waals surface area contributed by atoms with Crippen LogP contribution in [-0.4, -0.2) is 27.9 Å². The van der Waals surface area contributed by atoms with Gasteiger partial charge in [-0.3, -0.25) is 4.79 Å². The number of carbonyl (C=O) groups excluding carboxylic acids is 1. The fourth-order valence-electron chi connectivity index (χ4n) is 1.55. The van der Waals surface area contributed by atoms with E-state index in [1.54, 1.807) is 30.3 Å². The Morgan fingerprint density at radius 2 is 1.94 bits per heavy atom. The minimum Gasteiger partial charge on any atom is -0.390 e. The van der Waals surface area contributed by atoms with E-state index in [9.17, 15) is 15.0 Å². The van der Waals surface area contributed by atoms with E-state index >= 15 is 0 Å². The number of Topliss-reactive ketones (excluding diaryl/α,β-unsaturated/α-hetero) is 1. The number of aliphatic hydroxyl groups excluding tert-OH is 2. The van der Waals surface area contributed by atoms with E-state index in [1.165, 1.54) is 0 Å². The summed E-state index contributed by atoms with van der Waals surface area (Å²) in [4.78, 5) is 11.4. The molecule has 1 aromatic rings. The van der Waals surface area contributed by atoms with Crippen molar-refractivity contribution in [1.82, 2.24) is 0 Å². The fourth-order valence-corrected chi connectivity index (χ4v) is 1.82. The molecule has 4 nitrogen and oxygen atoms in total. The van der Waals surface area contributed by atoms with E-state index in [4.69, 9.17) is 5.26 Å². The molecule has 0 aliphatic carbocycles. The Morgan fingerprint density at radius 1 is 1.33 bits per heavy atom. The van der Waals surface area contributed by atoms with Crippen LogP contribution in [0.2, 0.25) is 0 Å². The highest BCUT2D eigenvalue weighted by Crippen LogP contribution is 2.20. The molecule has 0 aromatic heterocycles. The van der Waals surface area contributed by atoms with Gasteiger partial charge in [0.25, 0.3) is 0 Å². The van der Waals surface area contributed by atoms with Crippen molar-refractivity contribution in [3.8, 4) is 6.07 Å². The lowest BCUT2D eigenvalue weighted by Gasteiger charge is -2.17. The molecule has 2 unspecified atom stereocenters. The van der Waals surface area contributed by atoms with E-state index in [1.807, 2.05) is 0 Å². The molecular formula is C13H15NO3S. The lowest BCUT2D eigenvalue weighted by Crippen LogP contribution is -2.18. The van der Waals surface area contributed by atoms with Crippen molar-refractivity contribution in [2.45, 2.75) is 25.0 Å². The number of thiol groups is 1. The number of benzene rings is 1. The maximum Gasteiger partial charge on any atom is 0.176 e. The van der Waals surface area contributed by atoms with Crippen molar-refractivity contribution in [2.24, 2.45) is 0 Å². The van der Waals surface area contributed by atoms with Gasteiger partial charge in [0, 0.05) is 5.56 Å². The zero-order valence-corrected chi connectivity index (χ0v) is 10.7. The highest BCUT2D eigenvalue weighted by Gasteiger charge is 2.17. The molecule has 0 aliphatic heterocycles. The first kappa shape index (κ1) is 14.7. The molecule has 0 spiro atoms. The summed E-state index contributed by atoms with van der Waals surface area (Å²) in [6, 6.07) is 8.05. The maximum atomic E-state index is 11.4. The van der Waals surface area contributed by atoms with Crippen LogP contribution in [-0.2, 0) is 0 Å². The Labute approximate surface area is 111 Å². The van der Waals surface area contributed by atoms with E-state index in [0.717, 1.165) is 0 Å². The number of ketones is 1. The number of carbonyl (C=O) groups is 1. The maximum absolute atomic E-state index is 11.4. The predicted molar refractivity (Wildman–Crippen MR) is 70.4 cm³/mol. The summed E-state index contributed by atoms with van der Waals surface area (Å²) in [5.74, 6) is 0.228. The second-order valence-corrected chi connectivity index (χ2v) is 4.35. The highest BCUT2D eigenvalue weighted by atomic mass is 32.1. The average Bonchev–Trinajstić information content (AvgIpc) is 2.38. The smallest absolute Gasteiger partial charge is 0.176 e. The molecule has 96 valence electrons. The number of rotatable bonds is 6. The van der Waals surface area contributed by atoms with E-state index in [-0.39, 0.29) is 12.2 Å². The Balaban J connectivity index is 2.76. The van der Waals surface area contributed by atoms with Crippen molar-refractivity contribution in [2.75, 3.05) is 5.75 Å². The van der Waals surface area contributed by atoms with Crippen LogP contribution in [0.3, 0.4) is 0 Å². The van der Waals surface area contributed by atoms with Crippen molar-refractivity contribution in [1.29, 1.82) is 5.26 Å². The molecule has 0 aliphatic rings. The first-order valence-corrected chi connectivity index (χ1v) is 6.20. The van der Waals surface area contributed by atoms with Crippen LogP contribution >= 0.6 is 12.6 Å². The third-order valence-corrected chi connectivity index (χ3v) is 2.86. The lowest BCUT2D eigenvalue weighted by molar-refractivity contribution is 0.0172. The summed E-state index contributed by atoms with van der Waals surface area (Å²) < 4.78 is 0. The molecule has 18 heavy (non-hydrogen) atoms. The van der Waals surface area contributed by atoms with Gasteiger partial charge >= 0.3 is 0 Å². The molecule has 2 atom stereocenters. The number of hydrogen-bond donors (Lipinski definition) is 3. The van der Waals surface area contributed by atoms with Crippen LogP contribution in [0.5, 0.6) is 0 Å². The molecule has 0 heterocycles. The minimum atomic E-state index is -0.989. The van der Waals surface area contributed by atoms with Crippen LogP contribution in [0.1, 0.15) is 34.9 Å². The summed E-state index contributed by atoms with van der Waals surface area (Å²) in [7, 11) is 0. The molecule has 0 saturated heterocycles. The van der Waals surface area contributed by atoms with Gasteiger partial charge in [0.1, 0.15) is 6.10 Å². The summed E-state index contributed by atoms with van der Waals surface area (Å²) in [5, 5.41) is 27.9. The molecule has 0 saturated carbocycles. The zero-order chi connectivity index (χ0) is 13.5. The van der Waals surface area contributed by atoms with Crippen LogP contribution in [0.25, 0.3) is 0 Å². The summed E-state index contributed by atoms with van der Waals surface area (Å²) in [6.07, 6.45) is -1.63. The van der Waals surface area contributed by atoms with Gasteiger partial charge in [-0.2, -0.15) is 17.9 Å². The van der Waals surface area contributed by atoms with Crippen molar-refractivity contribution in [3.63, 3.8) is 0 Å². The van der Waals surface area contributed by atoms with Crippen molar-refractivity contribution >= 4 is 18.4 Å². The monoisotopic (exact) mass is 265 g/mol. The van der Waals surface area contributed by atoms with Crippen LogP contribution in [0.4, 0.5) is 0 Å². The number of hydrogen-bond acceptors (Lipinski definition) is 5. The number of aliphatic hydroxyl groups is 2. The normalized spacial score (nSPS) is 13.7. The summed E-state index contributed by atoms with van der Waals surface area (Å²) in [5.41, 5.74) is 0.967. The first-order valence-electron chi connectivity index (χ1n) is 5.57. The van der Waals surface area contributed by atoms with Gasteiger partial charge in [-0.05, 0) is 17.7 Å². The molecule has 0 bridgehead atoms. The fraction of sp³-hybridized carbons (Fsp3) is 0.385. The number of nitrogens with zero attached hydrogens (tertiary/aromatic N) is 1. The largest absolute Gasteiger partial charge is 0.390 e. The van der Waals surface area contributed by atoms with E-state index < -0.39 is 12.2 Å². The number of nitriles is 1. The van der Waals surface area contributed by atoms with Crippen molar-refractivity contribution < 1.29 is 15.0 Å². The quantitative estimate of drug-likeness (QED) is 0.538. The van der Waals surface area contributed by atoms with Gasteiger partial charge in [0.05, 0.1) is 18.6 Å². The molecule has 1 aromatic carbocycles. The molecule has 2 N–H and O–H groups in total. The Hall–Kier alpha value is -1.35. The molecule has 0 amide bonds. The van der Waals surface area contributed by atoms with Gasteiger partial charge < -0.3 is 10.2 Å². The third kappa shape index (κ3) is 3.84. The van der Waals surface area contributed by atoms with Crippen LogP contribution in [0.15, 0.2) is 24.3 Å². The Morgan fingerprint density at radius 3 is 2.44 bits per heavy atom. The van der Waals surface area contributed by atoms with Gasteiger partial charge in [-0.15, -0.1) is 0 Å². The zero-order valence-electron chi connectivity index (χ0n) is 9.78. The predicted octanol–water partition coefficient (Wildman–Crippen LogP) is 1.50. The molecule has 1 rings (SSSR count). The van der Waals surface area contributed by atoms with Gasteiger partial charge in [0.15, 0.2) is 5.78 Å². The van der Waals surface area contributed by atoms with Gasteiger partial charge in [-0.1, -0.05) is 24.3 Å². The second kappa shape index (κ2) is 7.17. The average molecular weight is 265 g/mol. The molecular weight excluding hydrogens is 250 g/mol. The molecule has 0 fully saturated rings. The Kier molecular flexibility index (Phi) is 5.86. The Bertz CT molecular complexity index is 439. The van der Waals surface area contributed by atoms with Gasteiger partial charge in [0.2, 0.25) is 0 Å². The summed E-state index contributed by atoms with van der Waals surface area (Å²) >= 11 is 3.99.